The van der Waals surface area contributed by atoms with E-state index in [1.807, 2.05) is 24.3 Å². The first-order valence-electron chi connectivity index (χ1n) is 17.7. The first-order valence-corrected chi connectivity index (χ1v) is 17.7. The van der Waals surface area contributed by atoms with E-state index in [-0.39, 0.29) is 25.0 Å². The number of H-pyrrole nitrogens is 1. The fraction of sp³-hybridized carbons (Fsp3) is 0.316. The van der Waals surface area contributed by atoms with Crippen molar-refractivity contribution in [3.63, 3.8) is 0 Å². The number of hydrogen-bond donors (Lipinski definition) is 5. The number of nitrogens with zero attached hydrogens (tertiary/aromatic N) is 4. The Bertz CT molecular complexity index is 2020. The summed E-state index contributed by atoms with van der Waals surface area (Å²) >= 11 is 0. The Labute approximate surface area is 316 Å². The quantitative estimate of drug-likeness (QED) is 0.158. The van der Waals surface area contributed by atoms with Crippen LogP contribution in [0.4, 0.5) is 20.1 Å². The second-order valence-electron chi connectivity index (χ2n) is 12.9. The molecule has 0 spiro atoms. The zero-order valence-corrected chi connectivity index (χ0v) is 30.2. The lowest BCUT2D eigenvalue weighted by Gasteiger charge is -2.28. The third-order valence-electron chi connectivity index (χ3n) is 9.47. The van der Waals surface area contributed by atoms with Gasteiger partial charge in [-0.1, -0.05) is 54.6 Å². The molecule has 0 aliphatic carbocycles. The number of amides is 7. The van der Waals surface area contributed by atoms with Crippen LogP contribution in [0.25, 0.3) is 22.5 Å². The highest BCUT2D eigenvalue weighted by Gasteiger charge is 2.39. The molecule has 2 aromatic heterocycles. The maximum atomic E-state index is 13.6. The summed E-state index contributed by atoms with van der Waals surface area (Å²) in [7, 11) is 2.44. The summed E-state index contributed by atoms with van der Waals surface area (Å²) in [5, 5.41) is 9.91. The van der Waals surface area contributed by atoms with E-state index in [0.29, 0.717) is 42.2 Å². The zero-order valence-electron chi connectivity index (χ0n) is 30.2. The summed E-state index contributed by atoms with van der Waals surface area (Å²) in [6.45, 7) is 0.687. The van der Waals surface area contributed by atoms with Crippen LogP contribution in [-0.2, 0) is 23.9 Å². The van der Waals surface area contributed by atoms with Crippen LogP contribution >= 0.6 is 0 Å². The van der Waals surface area contributed by atoms with Gasteiger partial charge in [0.05, 0.1) is 49.7 Å². The number of aromatic amines is 1. The Balaban J connectivity index is 1.03. The number of pyridine rings is 1. The molecule has 2 aliphatic rings. The van der Waals surface area contributed by atoms with E-state index in [1.54, 1.807) is 53.6 Å². The number of carbonyl (C=O) groups excluding carboxylic acids is 6. The second kappa shape index (κ2) is 17.4. The van der Waals surface area contributed by atoms with Gasteiger partial charge >= 0.3 is 18.2 Å². The maximum absolute atomic E-state index is 13.6. The van der Waals surface area contributed by atoms with E-state index < -0.39 is 42.1 Å². The molecule has 2 saturated heterocycles. The Hall–Kier alpha value is -6.78. The van der Waals surface area contributed by atoms with E-state index in [4.69, 9.17) is 4.74 Å². The Morgan fingerprint density at radius 2 is 1.53 bits per heavy atom. The molecule has 0 unspecified atom stereocenters. The third-order valence-corrected chi connectivity index (χ3v) is 9.47. The van der Waals surface area contributed by atoms with Gasteiger partial charge in [0.2, 0.25) is 5.91 Å². The number of imidazole rings is 1. The number of carbonyl (C=O) groups is 6. The number of imide groups is 1. The van der Waals surface area contributed by atoms with E-state index in [9.17, 15) is 28.8 Å². The topological polar surface area (TPSA) is 217 Å². The molecule has 55 heavy (non-hydrogen) atoms. The largest absolute Gasteiger partial charge is 0.453 e. The van der Waals surface area contributed by atoms with Gasteiger partial charge in [-0.15, -0.1) is 0 Å². The predicted octanol–water partition coefficient (Wildman–Crippen LogP) is 3.89. The summed E-state index contributed by atoms with van der Waals surface area (Å²) in [5.74, 6) is -0.693. The minimum absolute atomic E-state index is 0.158. The smallest absolute Gasteiger partial charge is 0.407 e. The average molecular weight is 752 g/mol. The maximum Gasteiger partial charge on any atom is 0.407 e. The summed E-state index contributed by atoms with van der Waals surface area (Å²) < 4.78 is 9.26. The van der Waals surface area contributed by atoms with Crippen molar-refractivity contribution < 1.29 is 38.2 Å². The van der Waals surface area contributed by atoms with Crippen LogP contribution in [-0.4, -0.2) is 101 Å². The fourth-order valence-corrected chi connectivity index (χ4v) is 6.72. The Morgan fingerprint density at radius 1 is 0.818 bits per heavy atom. The molecular weight excluding hydrogens is 710 g/mol. The molecule has 286 valence electrons. The molecule has 4 heterocycles. The number of hydrogen-bond acceptors (Lipinski definition) is 10. The number of methoxy groups -OCH3 is 2. The molecule has 0 saturated carbocycles. The van der Waals surface area contributed by atoms with Crippen molar-refractivity contribution in [3.8, 4) is 22.5 Å². The molecule has 17 heteroatoms. The Kier molecular flexibility index (Phi) is 12.0. The first kappa shape index (κ1) is 38.0. The van der Waals surface area contributed by atoms with Gasteiger partial charge in [0.15, 0.2) is 0 Å². The van der Waals surface area contributed by atoms with Crippen molar-refractivity contribution in [2.24, 2.45) is 0 Å². The van der Waals surface area contributed by atoms with Crippen LogP contribution in [0.1, 0.15) is 49.2 Å². The van der Waals surface area contributed by atoms with Crippen LogP contribution < -0.4 is 21.3 Å². The molecule has 3 atom stereocenters. The first-order chi connectivity index (χ1) is 26.6. The number of nitrogens with one attached hydrogen (secondary N) is 5. The fourth-order valence-electron chi connectivity index (χ4n) is 6.72. The van der Waals surface area contributed by atoms with Crippen LogP contribution in [0, 0.1) is 0 Å². The predicted molar refractivity (Wildman–Crippen MR) is 198 cm³/mol. The molecule has 6 rings (SSSR count). The standard InChI is InChI=1S/C38H41N9O8/c1-54-37(52)41-22-31(48)46-18-6-10-29(46)33-40-21-28(43-33)24-14-12-23(13-15-24)27-17-16-26(20-39-27)42-36(51)45-34(49)30-11-7-19-47(30)35(50)32(44-38(53)55-2)25-8-4-3-5-9-25/h3-5,8-9,12-17,20-21,29-30,32H,6-7,10-11,18-19,22H2,1-2H3,(H,40,43)(H,41,52)(H,44,53)(H2,42,45,49,51)/t29-,30-,32+/m0/s1. The third kappa shape index (κ3) is 9.06. The number of urea groups is 1. The van der Waals surface area contributed by atoms with Gasteiger partial charge in [0.1, 0.15) is 24.5 Å². The van der Waals surface area contributed by atoms with E-state index in [0.717, 1.165) is 29.7 Å². The molecule has 17 nitrogen and oxygen atoms in total. The number of rotatable bonds is 10. The second-order valence-corrected chi connectivity index (χ2v) is 12.9. The highest BCUT2D eigenvalue weighted by Crippen LogP contribution is 2.32. The number of alkyl carbamates (subject to hydrolysis) is 2. The number of aromatic nitrogens is 3. The van der Waals surface area contributed by atoms with Gasteiger partial charge in [0, 0.05) is 18.7 Å². The summed E-state index contributed by atoms with van der Waals surface area (Å²) in [4.78, 5) is 91.2. The summed E-state index contributed by atoms with van der Waals surface area (Å²) in [6.07, 6.45) is 4.19. The minimum Gasteiger partial charge on any atom is -0.453 e. The lowest BCUT2D eigenvalue weighted by Crippen LogP contribution is -2.51. The lowest BCUT2D eigenvalue weighted by atomic mass is 10.1. The van der Waals surface area contributed by atoms with Crippen LogP contribution in [0.3, 0.4) is 0 Å². The van der Waals surface area contributed by atoms with Gasteiger partial charge in [0.25, 0.3) is 11.8 Å². The summed E-state index contributed by atoms with van der Waals surface area (Å²) in [5.41, 5.74) is 4.00. The van der Waals surface area contributed by atoms with Crippen LogP contribution in [0.5, 0.6) is 0 Å². The van der Waals surface area contributed by atoms with Crippen LogP contribution in [0.15, 0.2) is 79.1 Å². The lowest BCUT2D eigenvalue weighted by molar-refractivity contribution is -0.139. The number of ether oxygens (including phenoxy) is 2. The molecule has 2 fully saturated rings. The van der Waals surface area contributed by atoms with Crippen LogP contribution in [0.2, 0.25) is 0 Å². The van der Waals surface area contributed by atoms with Gasteiger partial charge < -0.3 is 40.2 Å². The van der Waals surface area contributed by atoms with Gasteiger partial charge in [-0.25, -0.2) is 19.4 Å². The summed E-state index contributed by atoms with van der Waals surface area (Å²) in [6, 6.07) is 16.7. The van der Waals surface area contributed by atoms with Gasteiger partial charge in [-0.2, -0.15) is 0 Å². The molecule has 0 bridgehead atoms. The normalized spacial score (nSPS) is 16.8. The van der Waals surface area contributed by atoms with Gasteiger partial charge in [-0.05, 0) is 48.9 Å². The highest BCUT2D eigenvalue weighted by atomic mass is 16.5. The SMILES string of the molecule is COC(=O)NCC(=O)N1CCC[C@H]1c1ncc(-c2ccc(-c3ccc(NC(=O)NC(=O)[C@@H]4CCCN4C(=O)[C@H](NC(=O)OC)c4ccccc4)cn3)cc2)[nH]1. The number of likely N-dealkylation sites (tertiary alicyclic amines) is 2. The van der Waals surface area contributed by atoms with Crippen molar-refractivity contribution in [2.45, 2.75) is 43.8 Å². The van der Waals surface area contributed by atoms with Crippen molar-refractivity contribution >= 4 is 41.6 Å². The monoisotopic (exact) mass is 751 g/mol. The van der Waals surface area contributed by atoms with Crippen molar-refractivity contribution in [2.75, 3.05) is 39.2 Å². The highest BCUT2D eigenvalue weighted by molar-refractivity contribution is 6.04. The molecule has 7 amide bonds. The average Bonchev–Trinajstić information content (AvgIpc) is 4.01. The molecule has 4 aromatic rings. The zero-order chi connectivity index (χ0) is 38.9. The molecule has 0 radical (unpaired) electrons. The van der Waals surface area contributed by atoms with Crippen molar-refractivity contribution in [1.29, 1.82) is 0 Å². The van der Waals surface area contributed by atoms with E-state index in [2.05, 4.69) is 41.0 Å². The molecule has 2 aliphatic heterocycles. The molecule has 5 N–H and O–H groups in total. The van der Waals surface area contributed by atoms with E-state index >= 15 is 0 Å². The molecular formula is C38H41N9O8. The van der Waals surface area contributed by atoms with Crippen molar-refractivity contribution in [1.82, 2.24) is 40.7 Å². The number of anilines is 1. The van der Waals surface area contributed by atoms with Gasteiger partial charge in [-0.3, -0.25) is 24.7 Å². The minimum atomic E-state index is -1.08. The molecule has 2 aromatic carbocycles. The van der Waals surface area contributed by atoms with Crippen molar-refractivity contribution in [3.05, 3.63) is 90.5 Å². The number of benzene rings is 2. The van der Waals surface area contributed by atoms with E-state index in [1.165, 1.54) is 25.3 Å². The Morgan fingerprint density at radius 3 is 2.24 bits per heavy atom.